The van der Waals surface area contributed by atoms with E-state index in [2.05, 4.69) is 0 Å². The van der Waals surface area contributed by atoms with Crippen LogP contribution in [0.3, 0.4) is 0 Å². The van der Waals surface area contributed by atoms with E-state index in [0.717, 1.165) is 0 Å². The minimum Gasteiger partial charge on any atom is -0.394 e. The van der Waals surface area contributed by atoms with Crippen LogP contribution in [0.2, 0.25) is 0 Å². The van der Waals surface area contributed by atoms with Crippen LogP contribution in [0, 0.1) is 0 Å². The summed E-state index contributed by atoms with van der Waals surface area (Å²) in [6.07, 6.45) is -0.211. The molecular weight excluding hydrogens is 144 g/mol. The number of hydrogen-bond acceptors (Lipinski definition) is 3. The van der Waals surface area contributed by atoms with Crippen molar-refractivity contribution in [2.45, 2.75) is 45.2 Å². The first kappa shape index (κ1) is 8.97. The summed E-state index contributed by atoms with van der Waals surface area (Å²) in [6.45, 7) is 7.55. The predicted octanol–water partition coefficient (Wildman–Crippen LogP) is 0.909. The van der Waals surface area contributed by atoms with Crippen molar-refractivity contribution in [1.29, 1.82) is 0 Å². The summed E-state index contributed by atoms with van der Waals surface area (Å²) in [7, 11) is 0. The van der Waals surface area contributed by atoms with E-state index < -0.39 is 5.79 Å². The molecule has 0 radical (unpaired) electrons. The van der Waals surface area contributed by atoms with Gasteiger partial charge in [-0.3, -0.25) is 0 Å². The third-order valence-corrected chi connectivity index (χ3v) is 1.88. The normalized spacial score (nSPS) is 34.1. The second kappa shape index (κ2) is 2.44. The fourth-order valence-corrected chi connectivity index (χ4v) is 1.46. The van der Waals surface area contributed by atoms with Gasteiger partial charge in [-0.15, -0.1) is 0 Å². The van der Waals surface area contributed by atoms with Crippen LogP contribution in [0.15, 0.2) is 0 Å². The maximum atomic E-state index is 8.93. The summed E-state index contributed by atoms with van der Waals surface area (Å²) in [5, 5.41) is 8.93. The molecule has 3 heteroatoms. The van der Waals surface area contributed by atoms with Crippen molar-refractivity contribution >= 4 is 0 Å². The zero-order valence-corrected chi connectivity index (χ0v) is 7.55. The van der Waals surface area contributed by atoms with Gasteiger partial charge in [0, 0.05) is 0 Å². The first-order valence-corrected chi connectivity index (χ1v) is 3.86. The topological polar surface area (TPSA) is 38.7 Å². The fraction of sp³-hybridized carbons (Fsp3) is 1.00. The molecule has 1 rings (SSSR count). The molecule has 1 N–H and O–H groups in total. The van der Waals surface area contributed by atoms with Crippen LogP contribution >= 0.6 is 0 Å². The maximum Gasteiger partial charge on any atom is 0.164 e. The number of rotatable bonds is 1. The van der Waals surface area contributed by atoms with Gasteiger partial charge < -0.3 is 14.6 Å². The number of aliphatic hydroxyl groups excluding tert-OH is 1. The summed E-state index contributed by atoms with van der Waals surface area (Å²) in [4.78, 5) is 0. The lowest BCUT2D eigenvalue weighted by Crippen LogP contribution is -2.35. The maximum absolute atomic E-state index is 8.93. The second-order valence-corrected chi connectivity index (χ2v) is 3.89. The molecule has 0 aliphatic carbocycles. The minimum atomic E-state index is -0.559. The fourth-order valence-electron chi connectivity index (χ4n) is 1.46. The first-order chi connectivity index (χ1) is 4.87. The monoisotopic (exact) mass is 160 g/mol. The molecule has 1 atom stereocenters. The van der Waals surface area contributed by atoms with Crippen LogP contribution < -0.4 is 0 Å². The third-order valence-electron chi connectivity index (χ3n) is 1.88. The average molecular weight is 160 g/mol. The molecule has 0 aromatic carbocycles. The van der Waals surface area contributed by atoms with Gasteiger partial charge in [-0.25, -0.2) is 0 Å². The van der Waals surface area contributed by atoms with Gasteiger partial charge in [0.25, 0.3) is 0 Å². The van der Waals surface area contributed by atoms with Crippen molar-refractivity contribution in [3.05, 3.63) is 0 Å². The molecule has 0 spiro atoms. The molecule has 1 fully saturated rings. The van der Waals surface area contributed by atoms with Crippen molar-refractivity contribution in [2.24, 2.45) is 0 Å². The van der Waals surface area contributed by atoms with Gasteiger partial charge in [0.05, 0.1) is 12.2 Å². The Bertz CT molecular complexity index is 151. The molecule has 66 valence electrons. The quantitative estimate of drug-likeness (QED) is 0.619. The van der Waals surface area contributed by atoms with Crippen LogP contribution in [0.1, 0.15) is 27.7 Å². The Hall–Kier alpha value is -0.120. The molecule has 0 unspecified atom stereocenters. The van der Waals surface area contributed by atoms with Crippen LogP contribution in [-0.2, 0) is 9.47 Å². The van der Waals surface area contributed by atoms with Gasteiger partial charge in [-0.1, -0.05) is 0 Å². The zero-order valence-electron chi connectivity index (χ0n) is 7.55. The Balaban J connectivity index is 2.71. The van der Waals surface area contributed by atoms with E-state index in [4.69, 9.17) is 14.6 Å². The Kier molecular flexibility index (Phi) is 1.99. The molecule has 1 aliphatic heterocycles. The van der Waals surface area contributed by atoms with E-state index in [0.29, 0.717) is 0 Å². The summed E-state index contributed by atoms with van der Waals surface area (Å²) < 4.78 is 11.0. The van der Waals surface area contributed by atoms with E-state index in [1.54, 1.807) is 0 Å². The molecule has 1 heterocycles. The summed E-state index contributed by atoms with van der Waals surface area (Å²) in [5.74, 6) is -0.559. The lowest BCUT2D eigenvalue weighted by Gasteiger charge is -2.22. The lowest BCUT2D eigenvalue weighted by atomic mass is 10.0. The van der Waals surface area contributed by atoms with Gasteiger partial charge >= 0.3 is 0 Å². The summed E-state index contributed by atoms with van der Waals surface area (Å²) in [6, 6.07) is 0. The van der Waals surface area contributed by atoms with E-state index in [1.165, 1.54) is 0 Å². The van der Waals surface area contributed by atoms with Crippen molar-refractivity contribution in [3.8, 4) is 0 Å². The van der Waals surface area contributed by atoms with E-state index >= 15 is 0 Å². The zero-order chi connectivity index (χ0) is 8.70. The molecule has 1 saturated heterocycles. The highest BCUT2D eigenvalue weighted by Crippen LogP contribution is 2.35. The first-order valence-electron chi connectivity index (χ1n) is 3.86. The molecule has 0 bridgehead atoms. The summed E-state index contributed by atoms with van der Waals surface area (Å²) >= 11 is 0. The van der Waals surface area contributed by atoms with E-state index in [1.807, 2.05) is 27.7 Å². The Morgan fingerprint density at radius 3 is 2.00 bits per heavy atom. The van der Waals surface area contributed by atoms with Crippen LogP contribution in [-0.4, -0.2) is 29.2 Å². The van der Waals surface area contributed by atoms with E-state index in [-0.39, 0.29) is 18.3 Å². The van der Waals surface area contributed by atoms with Crippen LogP contribution in [0.4, 0.5) is 0 Å². The highest BCUT2D eigenvalue weighted by atomic mass is 16.8. The minimum absolute atomic E-state index is 0.0103. The largest absolute Gasteiger partial charge is 0.394 e. The van der Waals surface area contributed by atoms with Crippen LogP contribution in [0.5, 0.6) is 0 Å². The van der Waals surface area contributed by atoms with E-state index in [9.17, 15) is 0 Å². The average Bonchev–Trinajstić information content (AvgIpc) is 1.99. The lowest BCUT2D eigenvalue weighted by molar-refractivity contribution is -0.158. The Labute approximate surface area is 67.3 Å². The van der Waals surface area contributed by atoms with Gasteiger partial charge in [-0.05, 0) is 27.7 Å². The number of aliphatic hydroxyl groups is 1. The number of ether oxygens (including phenoxy) is 2. The molecule has 11 heavy (non-hydrogen) atoms. The molecule has 1 aliphatic rings. The Morgan fingerprint density at radius 1 is 1.27 bits per heavy atom. The second-order valence-electron chi connectivity index (χ2n) is 3.89. The SMILES string of the molecule is CC1(C)O[C@H](CO)C(C)(C)O1. The van der Waals surface area contributed by atoms with Gasteiger partial charge in [0.1, 0.15) is 6.10 Å². The molecular formula is C8H16O3. The molecule has 0 aromatic rings. The highest BCUT2D eigenvalue weighted by Gasteiger charge is 2.46. The standard InChI is InChI=1S/C8H16O3/c1-7(2)6(5-9)10-8(3,4)11-7/h6,9H,5H2,1-4H3/t6-/m1/s1. The number of hydrogen-bond donors (Lipinski definition) is 1. The van der Waals surface area contributed by atoms with Gasteiger partial charge in [-0.2, -0.15) is 0 Å². The van der Waals surface area contributed by atoms with Crippen molar-refractivity contribution in [3.63, 3.8) is 0 Å². The predicted molar refractivity (Wildman–Crippen MR) is 41.2 cm³/mol. The van der Waals surface area contributed by atoms with Crippen molar-refractivity contribution < 1.29 is 14.6 Å². The van der Waals surface area contributed by atoms with Gasteiger partial charge in [0.2, 0.25) is 0 Å². The third kappa shape index (κ3) is 1.72. The Morgan fingerprint density at radius 2 is 1.82 bits per heavy atom. The molecule has 0 saturated carbocycles. The highest BCUT2D eigenvalue weighted by molar-refractivity contribution is 4.88. The molecule has 0 aromatic heterocycles. The van der Waals surface area contributed by atoms with Gasteiger partial charge in [0.15, 0.2) is 5.79 Å². The smallest absolute Gasteiger partial charge is 0.164 e. The molecule has 0 amide bonds. The summed E-state index contributed by atoms with van der Waals surface area (Å²) in [5.41, 5.74) is -0.377. The molecule has 3 nitrogen and oxygen atoms in total. The van der Waals surface area contributed by atoms with Crippen molar-refractivity contribution in [1.82, 2.24) is 0 Å². The van der Waals surface area contributed by atoms with Crippen LogP contribution in [0.25, 0.3) is 0 Å². The van der Waals surface area contributed by atoms with Crippen molar-refractivity contribution in [2.75, 3.05) is 6.61 Å².